The molecule has 1 aliphatic rings. The van der Waals surface area contributed by atoms with Crippen LogP contribution in [0.4, 0.5) is 5.69 Å². The van der Waals surface area contributed by atoms with Crippen LogP contribution in [0.3, 0.4) is 0 Å². The van der Waals surface area contributed by atoms with Gasteiger partial charge in [-0.05, 0) is 49.6 Å². The predicted molar refractivity (Wildman–Crippen MR) is 106 cm³/mol. The molecule has 1 N–H and O–H groups in total. The number of amides is 1. The zero-order chi connectivity index (χ0) is 19.5. The number of anilines is 1. The van der Waals surface area contributed by atoms with Crippen LogP contribution >= 0.6 is 0 Å². The molecule has 0 aliphatic heterocycles. The van der Waals surface area contributed by atoms with Gasteiger partial charge in [0.2, 0.25) is 0 Å². The first kappa shape index (κ1) is 18.0. The van der Waals surface area contributed by atoms with E-state index in [1.807, 2.05) is 55.5 Å². The van der Waals surface area contributed by atoms with E-state index in [9.17, 15) is 9.59 Å². The van der Waals surface area contributed by atoms with Crippen LogP contribution in [0.25, 0.3) is 5.69 Å². The van der Waals surface area contributed by atoms with Gasteiger partial charge in [0, 0.05) is 11.6 Å². The third-order valence-corrected chi connectivity index (χ3v) is 4.69. The number of aromatic nitrogens is 2. The van der Waals surface area contributed by atoms with Crippen molar-refractivity contribution in [3.8, 4) is 5.69 Å². The number of aryl methyl sites for hydroxylation is 1. The molecule has 1 aromatic heterocycles. The Hall–Kier alpha value is -3.41. The molecule has 0 saturated heterocycles. The first-order valence-corrected chi connectivity index (χ1v) is 9.30. The van der Waals surface area contributed by atoms with Crippen LogP contribution in [0.2, 0.25) is 0 Å². The molecule has 1 aliphatic carbocycles. The van der Waals surface area contributed by atoms with Crippen molar-refractivity contribution in [1.29, 1.82) is 0 Å². The van der Waals surface area contributed by atoms with Gasteiger partial charge < -0.3 is 10.1 Å². The minimum atomic E-state index is -0.566. The summed E-state index contributed by atoms with van der Waals surface area (Å²) >= 11 is 0. The molecule has 1 heterocycles. The van der Waals surface area contributed by atoms with Crippen molar-refractivity contribution >= 4 is 17.6 Å². The monoisotopic (exact) mass is 375 g/mol. The van der Waals surface area contributed by atoms with Gasteiger partial charge in [-0.1, -0.05) is 36.4 Å². The van der Waals surface area contributed by atoms with Crippen molar-refractivity contribution in [2.75, 3.05) is 11.9 Å². The van der Waals surface area contributed by atoms with Crippen molar-refractivity contribution < 1.29 is 14.3 Å². The minimum Gasteiger partial charge on any atom is -0.451 e. The SMILES string of the molecule is Cc1ccccc1NC(=O)COC(=O)c1cc(C2CC2)nn1-c1ccccc1. The number of carbonyl (C=O) groups is 2. The van der Waals surface area contributed by atoms with Crippen LogP contribution in [0.5, 0.6) is 0 Å². The average molecular weight is 375 g/mol. The molecule has 6 heteroatoms. The summed E-state index contributed by atoms with van der Waals surface area (Å²) in [7, 11) is 0. The minimum absolute atomic E-state index is 0.330. The van der Waals surface area contributed by atoms with Crippen LogP contribution in [0.15, 0.2) is 60.7 Å². The maximum absolute atomic E-state index is 12.7. The molecule has 0 unspecified atom stereocenters. The van der Waals surface area contributed by atoms with Gasteiger partial charge in [0.1, 0.15) is 0 Å². The summed E-state index contributed by atoms with van der Waals surface area (Å²) in [6.07, 6.45) is 2.16. The third-order valence-electron chi connectivity index (χ3n) is 4.69. The summed E-state index contributed by atoms with van der Waals surface area (Å²) in [5.41, 5.74) is 3.65. The van der Waals surface area contributed by atoms with Crippen LogP contribution in [-0.2, 0) is 9.53 Å². The molecule has 1 saturated carbocycles. The molecule has 0 spiro atoms. The van der Waals surface area contributed by atoms with Crippen molar-refractivity contribution in [2.24, 2.45) is 0 Å². The fraction of sp³-hybridized carbons (Fsp3) is 0.227. The lowest BCUT2D eigenvalue weighted by Gasteiger charge is -2.09. The molecule has 3 aromatic rings. The van der Waals surface area contributed by atoms with E-state index in [1.165, 1.54) is 0 Å². The van der Waals surface area contributed by atoms with Crippen molar-refractivity contribution in [3.05, 3.63) is 77.6 Å². The summed E-state index contributed by atoms with van der Waals surface area (Å²) in [4.78, 5) is 24.8. The first-order chi connectivity index (χ1) is 13.6. The van der Waals surface area contributed by atoms with Gasteiger partial charge in [0.05, 0.1) is 11.4 Å². The van der Waals surface area contributed by atoms with Gasteiger partial charge in [-0.25, -0.2) is 9.48 Å². The molecule has 0 atom stereocenters. The van der Waals surface area contributed by atoms with E-state index in [0.717, 1.165) is 29.8 Å². The number of nitrogens with one attached hydrogen (secondary N) is 1. The molecule has 0 radical (unpaired) electrons. The molecule has 1 fully saturated rings. The quantitative estimate of drug-likeness (QED) is 0.664. The first-order valence-electron chi connectivity index (χ1n) is 9.30. The highest BCUT2D eigenvalue weighted by Gasteiger charge is 2.29. The second kappa shape index (κ2) is 7.68. The summed E-state index contributed by atoms with van der Waals surface area (Å²) in [6, 6.07) is 18.7. The van der Waals surface area contributed by atoms with E-state index in [2.05, 4.69) is 10.4 Å². The summed E-state index contributed by atoms with van der Waals surface area (Å²) in [6.45, 7) is 1.55. The maximum Gasteiger partial charge on any atom is 0.357 e. The average Bonchev–Trinajstić information content (AvgIpc) is 3.47. The number of nitrogens with zero attached hydrogens (tertiary/aromatic N) is 2. The highest BCUT2D eigenvalue weighted by molar-refractivity contribution is 5.95. The van der Waals surface area contributed by atoms with E-state index in [-0.39, 0.29) is 12.5 Å². The van der Waals surface area contributed by atoms with E-state index in [4.69, 9.17) is 4.74 Å². The molecule has 4 rings (SSSR count). The largest absolute Gasteiger partial charge is 0.451 e. The van der Waals surface area contributed by atoms with Gasteiger partial charge in [-0.15, -0.1) is 0 Å². The molecule has 6 nitrogen and oxygen atoms in total. The van der Waals surface area contributed by atoms with Gasteiger partial charge in [0.25, 0.3) is 5.91 Å². The molecule has 28 heavy (non-hydrogen) atoms. The number of ether oxygens (including phenoxy) is 1. The maximum atomic E-state index is 12.7. The Balaban J connectivity index is 1.47. The van der Waals surface area contributed by atoms with E-state index in [1.54, 1.807) is 16.8 Å². The Morgan fingerprint density at radius 3 is 2.54 bits per heavy atom. The third kappa shape index (κ3) is 3.96. The Kier molecular flexibility index (Phi) is 4.93. The topological polar surface area (TPSA) is 73.2 Å². The lowest BCUT2D eigenvalue weighted by atomic mass is 10.2. The fourth-order valence-electron chi connectivity index (χ4n) is 2.99. The smallest absolute Gasteiger partial charge is 0.357 e. The second-order valence-electron chi connectivity index (χ2n) is 6.92. The molecular weight excluding hydrogens is 354 g/mol. The molecular formula is C22H21N3O3. The van der Waals surface area contributed by atoms with Crippen LogP contribution in [0, 0.1) is 6.92 Å². The fourth-order valence-corrected chi connectivity index (χ4v) is 2.99. The standard InChI is InChI=1S/C22H21N3O3/c1-15-7-5-6-10-18(15)23-21(26)14-28-22(27)20-13-19(16-11-12-16)24-25(20)17-8-3-2-4-9-17/h2-10,13,16H,11-12,14H2,1H3,(H,23,26). The Morgan fingerprint density at radius 1 is 1.11 bits per heavy atom. The summed E-state index contributed by atoms with van der Waals surface area (Å²) < 4.78 is 6.86. The van der Waals surface area contributed by atoms with Crippen molar-refractivity contribution in [2.45, 2.75) is 25.7 Å². The number of benzene rings is 2. The summed E-state index contributed by atoms with van der Waals surface area (Å²) in [5, 5.41) is 7.34. The second-order valence-corrected chi connectivity index (χ2v) is 6.92. The molecule has 142 valence electrons. The number of esters is 1. The van der Waals surface area contributed by atoms with Crippen LogP contribution in [0.1, 0.15) is 40.5 Å². The molecule has 2 aromatic carbocycles. The number of para-hydroxylation sites is 2. The molecule has 1 amide bonds. The van der Waals surface area contributed by atoms with Crippen molar-refractivity contribution in [3.63, 3.8) is 0 Å². The van der Waals surface area contributed by atoms with E-state index < -0.39 is 5.97 Å². The van der Waals surface area contributed by atoms with Gasteiger partial charge in [-0.2, -0.15) is 5.10 Å². The number of carbonyl (C=O) groups excluding carboxylic acids is 2. The summed E-state index contributed by atoms with van der Waals surface area (Å²) in [5.74, 6) is -0.542. The van der Waals surface area contributed by atoms with Crippen molar-refractivity contribution in [1.82, 2.24) is 9.78 Å². The van der Waals surface area contributed by atoms with E-state index in [0.29, 0.717) is 17.3 Å². The number of hydrogen-bond donors (Lipinski definition) is 1. The van der Waals surface area contributed by atoms with Gasteiger partial charge in [-0.3, -0.25) is 4.79 Å². The Morgan fingerprint density at radius 2 is 1.82 bits per heavy atom. The zero-order valence-corrected chi connectivity index (χ0v) is 15.6. The van der Waals surface area contributed by atoms with Gasteiger partial charge in [0.15, 0.2) is 12.3 Å². The number of hydrogen-bond acceptors (Lipinski definition) is 4. The zero-order valence-electron chi connectivity index (χ0n) is 15.6. The Labute approximate surface area is 163 Å². The molecule has 0 bridgehead atoms. The predicted octanol–water partition coefficient (Wildman–Crippen LogP) is 3.85. The number of rotatable bonds is 6. The lowest BCUT2D eigenvalue weighted by molar-refractivity contribution is -0.119. The lowest BCUT2D eigenvalue weighted by Crippen LogP contribution is -2.22. The highest BCUT2D eigenvalue weighted by Crippen LogP contribution is 2.39. The van der Waals surface area contributed by atoms with Crippen LogP contribution < -0.4 is 5.32 Å². The normalized spacial score (nSPS) is 13.2. The Bertz CT molecular complexity index is 1010. The van der Waals surface area contributed by atoms with Gasteiger partial charge >= 0.3 is 5.97 Å². The van der Waals surface area contributed by atoms with Crippen LogP contribution in [-0.4, -0.2) is 28.3 Å². The highest BCUT2D eigenvalue weighted by atomic mass is 16.5. The van der Waals surface area contributed by atoms with E-state index >= 15 is 0 Å².